The number of nitrogen functional groups attached to an aromatic ring is 1. The Bertz CT molecular complexity index is 832. The van der Waals surface area contributed by atoms with Gasteiger partial charge in [0.25, 0.3) is 11.8 Å². The zero-order valence-corrected chi connectivity index (χ0v) is 17.1. The minimum atomic E-state index is -0.616. The molecule has 0 aliphatic rings. The lowest BCUT2D eigenvalue weighted by Gasteiger charge is -2.15. The van der Waals surface area contributed by atoms with Crippen molar-refractivity contribution in [3.63, 3.8) is 0 Å². The number of nitrogens with two attached hydrogens (primary N) is 2. The van der Waals surface area contributed by atoms with Crippen LogP contribution in [0.25, 0.3) is 0 Å². The fraction of sp³-hybridized carbons (Fsp3) is 0.375. The monoisotopic (exact) mass is 448 g/mol. The summed E-state index contributed by atoms with van der Waals surface area (Å²) in [6.07, 6.45) is 0. The molecular weight excluding hydrogens is 427 g/mol. The molecule has 160 valence electrons. The van der Waals surface area contributed by atoms with Crippen molar-refractivity contribution in [3.8, 4) is 11.5 Å². The van der Waals surface area contributed by atoms with Gasteiger partial charge >= 0.3 is 0 Å². The molecule has 0 spiro atoms. The van der Waals surface area contributed by atoms with Crippen molar-refractivity contribution < 1.29 is 23.7 Å². The van der Waals surface area contributed by atoms with Gasteiger partial charge < -0.3 is 31.6 Å². The third kappa shape index (κ3) is 7.29. The molecule has 0 saturated carbocycles. The highest BCUT2D eigenvalue weighted by atomic mass is 35.5. The number of aromatic nitrogens is 2. The molecule has 6 N–H and O–H groups in total. The third-order valence-corrected chi connectivity index (χ3v) is 3.65. The first-order valence-corrected chi connectivity index (χ1v) is 8.73. The molecule has 29 heavy (non-hydrogen) atoms. The lowest BCUT2D eigenvalue weighted by molar-refractivity contribution is -0.119. The van der Waals surface area contributed by atoms with E-state index in [1.165, 1.54) is 0 Å². The Morgan fingerprint density at radius 1 is 1.24 bits per heavy atom. The number of nitrogens with zero attached hydrogens (tertiary/aromatic N) is 2. The molecule has 2 rings (SSSR count). The molecule has 1 aromatic heterocycles. The number of primary amides is 1. The summed E-state index contributed by atoms with van der Waals surface area (Å²) in [5.74, 6) is -0.484. The van der Waals surface area contributed by atoms with E-state index in [2.05, 4.69) is 25.6 Å². The van der Waals surface area contributed by atoms with Crippen LogP contribution in [0, 0.1) is 0 Å². The Hall–Kier alpha value is -2.76. The van der Waals surface area contributed by atoms with Crippen LogP contribution in [0.15, 0.2) is 16.8 Å². The Labute approximate surface area is 177 Å². The molecule has 0 aliphatic carbocycles. The van der Waals surface area contributed by atoms with Crippen molar-refractivity contribution in [2.75, 3.05) is 32.0 Å². The number of carbonyl (C=O) groups excluding carboxylic acids is 2. The SMILES string of the molecule is CCOc1cc(CNCCNC(=O)c2nonc2N)cc(Cl)c1OCC(N)=O.Cl. The number of halogens is 2. The summed E-state index contributed by atoms with van der Waals surface area (Å²) in [5.41, 5.74) is 11.3. The highest BCUT2D eigenvalue weighted by molar-refractivity contribution is 6.32. The highest BCUT2D eigenvalue weighted by Crippen LogP contribution is 2.36. The van der Waals surface area contributed by atoms with Crippen LogP contribution < -0.4 is 31.6 Å². The second-order valence-electron chi connectivity index (χ2n) is 5.52. The molecule has 0 unspecified atom stereocenters. The average Bonchev–Trinajstić information content (AvgIpc) is 3.06. The third-order valence-electron chi connectivity index (χ3n) is 3.37. The van der Waals surface area contributed by atoms with Gasteiger partial charge in [-0.3, -0.25) is 9.59 Å². The van der Waals surface area contributed by atoms with Crippen molar-refractivity contribution >= 4 is 41.6 Å². The fourth-order valence-electron chi connectivity index (χ4n) is 2.20. The number of ether oxygens (including phenoxy) is 2. The average molecular weight is 449 g/mol. The summed E-state index contributed by atoms with van der Waals surface area (Å²) >= 11 is 6.23. The van der Waals surface area contributed by atoms with Crippen molar-refractivity contribution in [2.24, 2.45) is 5.73 Å². The summed E-state index contributed by atoms with van der Waals surface area (Å²) in [4.78, 5) is 22.7. The minimum absolute atomic E-state index is 0. The first-order valence-electron chi connectivity index (χ1n) is 8.35. The number of anilines is 1. The summed E-state index contributed by atoms with van der Waals surface area (Å²) in [5, 5.41) is 12.8. The number of amides is 2. The van der Waals surface area contributed by atoms with Gasteiger partial charge in [-0.15, -0.1) is 12.4 Å². The molecule has 0 aliphatic heterocycles. The molecule has 0 atom stereocenters. The molecule has 0 radical (unpaired) electrons. The van der Waals surface area contributed by atoms with Gasteiger partial charge in [-0.25, -0.2) is 4.63 Å². The van der Waals surface area contributed by atoms with Gasteiger partial charge in [-0.05, 0) is 34.9 Å². The molecule has 11 nitrogen and oxygen atoms in total. The van der Waals surface area contributed by atoms with E-state index in [-0.39, 0.29) is 36.3 Å². The van der Waals surface area contributed by atoms with E-state index in [9.17, 15) is 9.59 Å². The Morgan fingerprint density at radius 3 is 2.62 bits per heavy atom. The van der Waals surface area contributed by atoms with Crippen LogP contribution in [0.1, 0.15) is 23.0 Å². The topological polar surface area (TPSA) is 168 Å². The van der Waals surface area contributed by atoms with E-state index in [0.29, 0.717) is 37.0 Å². The normalized spacial score (nSPS) is 10.1. The molecule has 0 fully saturated rings. The van der Waals surface area contributed by atoms with E-state index in [1.807, 2.05) is 6.92 Å². The van der Waals surface area contributed by atoms with Gasteiger partial charge in [0, 0.05) is 19.6 Å². The standard InChI is InChI=1S/C16H21ClN6O5.ClH/c1-2-26-11-6-9(5-10(17)14(11)27-8-12(18)24)7-20-3-4-21-16(25)13-15(19)23-28-22-13;/h5-6,20H,2-4,7-8H2,1H3,(H2,18,24)(H2,19,23)(H,21,25);1H. The molecule has 13 heteroatoms. The van der Waals surface area contributed by atoms with Gasteiger partial charge in [0.15, 0.2) is 18.1 Å². The van der Waals surface area contributed by atoms with Crippen molar-refractivity contribution in [2.45, 2.75) is 13.5 Å². The predicted octanol–water partition coefficient (Wildman–Crippen LogP) is 0.509. The van der Waals surface area contributed by atoms with Gasteiger partial charge in [0.1, 0.15) is 0 Å². The van der Waals surface area contributed by atoms with Gasteiger partial charge in [-0.2, -0.15) is 0 Å². The molecular formula is C16H22Cl2N6O5. The number of hydrogen-bond donors (Lipinski definition) is 4. The van der Waals surface area contributed by atoms with Gasteiger partial charge in [-0.1, -0.05) is 11.6 Å². The first-order chi connectivity index (χ1) is 13.4. The fourth-order valence-corrected chi connectivity index (χ4v) is 2.49. The van der Waals surface area contributed by atoms with E-state index >= 15 is 0 Å². The molecule has 1 heterocycles. The maximum Gasteiger partial charge on any atom is 0.277 e. The molecule has 1 aromatic carbocycles. The number of carbonyl (C=O) groups is 2. The highest BCUT2D eigenvalue weighted by Gasteiger charge is 2.15. The van der Waals surface area contributed by atoms with E-state index < -0.39 is 11.8 Å². The van der Waals surface area contributed by atoms with Crippen LogP contribution in [-0.4, -0.2) is 48.4 Å². The summed E-state index contributed by atoms with van der Waals surface area (Å²) in [7, 11) is 0. The second-order valence-corrected chi connectivity index (χ2v) is 5.93. The van der Waals surface area contributed by atoms with Crippen LogP contribution >= 0.6 is 24.0 Å². The molecule has 2 aromatic rings. The molecule has 2 amide bonds. The number of rotatable bonds is 11. The Morgan fingerprint density at radius 2 is 2.00 bits per heavy atom. The van der Waals surface area contributed by atoms with Crippen molar-refractivity contribution in [1.82, 2.24) is 20.9 Å². The van der Waals surface area contributed by atoms with Crippen molar-refractivity contribution in [1.29, 1.82) is 0 Å². The molecule has 0 saturated heterocycles. The molecule has 0 bridgehead atoms. The zero-order valence-electron chi connectivity index (χ0n) is 15.6. The van der Waals surface area contributed by atoms with Crippen LogP contribution in [0.3, 0.4) is 0 Å². The Kier molecular flexibility index (Phi) is 10.00. The second kappa shape index (κ2) is 11.9. The van der Waals surface area contributed by atoms with E-state index in [4.69, 9.17) is 32.5 Å². The summed E-state index contributed by atoms with van der Waals surface area (Å²) in [6, 6.07) is 3.44. The number of benzene rings is 1. The minimum Gasteiger partial charge on any atom is -0.490 e. The largest absolute Gasteiger partial charge is 0.490 e. The maximum atomic E-state index is 11.8. The van der Waals surface area contributed by atoms with E-state index in [1.54, 1.807) is 12.1 Å². The smallest absolute Gasteiger partial charge is 0.277 e. The zero-order chi connectivity index (χ0) is 20.5. The maximum absolute atomic E-state index is 11.8. The van der Waals surface area contributed by atoms with E-state index in [0.717, 1.165) is 5.56 Å². The van der Waals surface area contributed by atoms with Crippen molar-refractivity contribution in [3.05, 3.63) is 28.4 Å². The van der Waals surface area contributed by atoms with Gasteiger partial charge in [0.2, 0.25) is 11.5 Å². The predicted molar refractivity (Wildman–Crippen MR) is 107 cm³/mol. The summed E-state index contributed by atoms with van der Waals surface area (Å²) < 4.78 is 15.2. The summed E-state index contributed by atoms with van der Waals surface area (Å²) in [6.45, 7) is 3.17. The van der Waals surface area contributed by atoms with Crippen LogP contribution in [-0.2, 0) is 11.3 Å². The van der Waals surface area contributed by atoms with Crippen LogP contribution in [0.5, 0.6) is 11.5 Å². The van der Waals surface area contributed by atoms with Crippen LogP contribution in [0.2, 0.25) is 5.02 Å². The number of nitrogens with one attached hydrogen (secondary N) is 2. The Balaban J connectivity index is 0.00000420. The lowest BCUT2D eigenvalue weighted by Crippen LogP contribution is -2.32. The number of hydrogen-bond acceptors (Lipinski definition) is 9. The van der Waals surface area contributed by atoms with Crippen LogP contribution in [0.4, 0.5) is 5.82 Å². The first kappa shape index (κ1) is 24.3. The lowest BCUT2D eigenvalue weighted by atomic mass is 10.2. The van der Waals surface area contributed by atoms with Gasteiger partial charge in [0.05, 0.1) is 11.6 Å². The quantitative estimate of drug-likeness (QED) is 0.357.